The van der Waals surface area contributed by atoms with Crippen molar-refractivity contribution in [3.63, 3.8) is 0 Å². The maximum atomic E-state index is 11.3. The van der Waals surface area contributed by atoms with Crippen LogP contribution in [0.15, 0.2) is 29.8 Å². The summed E-state index contributed by atoms with van der Waals surface area (Å²) in [6.45, 7) is 4.14. The van der Waals surface area contributed by atoms with Crippen LogP contribution in [0.25, 0.3) is 0 Å². The number of amides is 1. The van der Waals surface area contributed by atoms with E-state index in [0.29, 0.717) is 16.6 Å². The van der Waals surface area contributed by atoms with E-state index in [4.69, 9.17) is 23.2 Å². The van der Waals surface area contributed by atoms with Crippen LogP contribution in [-0.2, 0) is 11.3 Å². The second kappa shape index (κ2) is 5.92. The molecule has 0 radical (unpaired) electrons. The zero-order valence-electron chi connectivity index (χ0n) is 9.18. The first-order chi connectivity index (χ1) is 7.49. The zero-order chi connectivity index (χ0) is 12.1. The summed E-state index contributed by atoms with van der Waals surface area (Å²) < 4.78 is 0. The summed E-state index contributed by atoms with van der Waals surface area (Å²) in [6, 6.07) is 5.20. The van der Waals surface area contributed by atoms with Crippen LogP contribution >= 0.6 is 23.2 Å². The SMILES string of the molecule is CC(C)=CC(=O)NCc1ccc(Cl)cc1Cl. The maximum absolute atomic E-state index is 11.3. The Morgan fingerprint density at radius 2 is 2.06 bits per heavy atom. The number of carbonyl (C=O) groups is 1. The Balaban J connectivity index is 2.62. The molecular weight excluding hydrogens is 245 g/mol. The van der Waals surface area contributed by atoms with Crippen LogP contribution in [0.2, 0.25) is 10.0 Å². The first-order valence-electron chi connectivity index (χ1n) is 4.85. The lowest BCUT2D eigenvalue weighted by molar-refractivity contribution is -0.116. The van der Waals surface area contributed by atoms with E-state index in [1.54, 1.807) is 24.3 Å². The molecule has 0 aliphatic carbocycles. The van der Waals surface area contributed by atoms with Crippen molar-refractivity contribution in [2.24, 2.45) is 0 Å². The summed E-state index contributed by atoms with van der Waals surface area (Å²) in [7, 11) is 0. The lowest BCUT2D eigenvalue weighted by atomic mass is 10.2. The molecule has 1 rings (SSSR count). The van der Waals surface area contributed by atoms with E-state index in [-0.39, 0.29) is 5.91 Å². The van der Waals surface area contributed by atoms with E-state index in [1.807, 2.05) is 13.8 Å². The molecule has 1 amide bonds. The highest BCUT2D eigenvalue weighted by atomic mass is 35.5. The number of carbonyl (C=O) groups excluding carboxylic acids is 1. The van der Waals surface area contributed by atoms with Crippen LogP contribution in [0.5, 0.6) is 0 Å². The molecule has 0 aromatic heterocycles. The van der Waals surface area contributed by atoms with Crippen molar-refractivity contribution in [3.8, 4) is 0 Å². The molecule has 0 fully saturated rings. The molecule has 0 saturated heterocycles. The highest BCUT2D eigenvalue weighted by molar-refractivity contribution is 6.35. The smallest absolute Gasteiger partial charge is 0.244 e. The highest BCUT2D eigenvalue weighted by Crippen LogP contribution is 2.20. The Morgan fingerprint density at radius 3 is 2.62 bits per heavy atom. The van der Waals surface area contributed by atoms with Gasteiger partial charge in [-0.25, -0.2) is 0 Å². The third-order valence-corrected chi connectivity index (χ3v) is 2.47. The molecule has 86 valence electrons. The summed E-state index contributed by atoms with van der Waals surface area (Å²) in [5.74, 6) is -0.119. The second-order valence-electron chi connectivity index (χ2n) is 3.68. The molecule has 0 aliphatic heterocycles. The van der Waals surface area contributed by atoms with Crippen molar-refractivity contribution in [2.75, 3.05) is 0 Å². The van der Waals surface area contributed by atoms with E-state index in [0.717, 1.165) is 11.1 Å². The normalized spacial score (nSPS) is 9.75. The van der Waals surface area contributed by atoms with E-state index in [1.165, 1.54) is 0 Å². The summed E-state index contributed by atoms with van der Waals surface area (Å²) in [5.41, 5.74) is 1.81. The molecule has 1 N–H and O–H groups in total. The first-order valence-corrected chi connectivity index (χ1v) is 5.61. The summed E-state index contributed by atoms with van der Waals surface area (Å²) in [4.78, 5) is 11.3. The van der Waals surface area contributed by atoms with Gasteiger partial charge in [-0.3, -0.25) is 4.79 Å². The second-order valence-corrected chi connectivity index (χ2v) is 4.52. The van der Waals surface area contributed by atoms with Gasteiger partial charge in [0.25, 0.3) is 0 Å². The zero-order valence-corrected chi connectivity index (χ0v) is 10.7. The van der Waals surface area contributed by atoms with Gasteiger partial charge >= 0.3 is 0 Å². The molecule has 16 heavy (non-hydrogen) atoms. The van der Waals surface area contributed by atoms with Gasteiger partial charge in [0, 0.05) is 22.7 Å². The third-order valence-electron chi connectivity index (χ3n) is 1.89. The van der Waals surface area contributed by atoms with Crippen molar-refractivity contribution in [3.05, 3.63) is 45.5 Å². The number of benzene rings is 1. The van der Waals surface area contributed by atoms with E-state index in [2.05, 4.69) is 5.32 Å². The van der Waals surface area contributed by atoms with Crippen molar-refractivity contribution in [1.29, 1.82) is 0 Å². The van der Waals surface area contributed by atoms with Crippen molar-refractivity contribution in [1.82, 2.24) is 5.32 Å². The van der Waals surface area contributed by atoms with Crippen LogP contribution in [0.1, 0.15) is 19.4 Å². The molecule has 1 aromatic carbocycles. The molecule has 1 aromatic rings. The van der Waals surface area contributed by atoms with E-state index in [9.17, 15) is 4.79 Å². The minimum Gasteiger partial charge on any atom is -0.348 e. The van der Waals surface area contributed by atoms with Crippen molar-refractivity contribution < 1.29 is 4.79 Å². The maximum Gasteiger partial charge on any atom is 0.244 e. The molecule has 0 spiro atoms. The van der Waals surface area contributed by atoms with Crippen molar-refractivity contribution >= 4 is 29.1 Å². The van der Waals surface area contributed by atoms with Gasteiger partial charge < -0.3 is 5.32 Å². The largest absolute Gasteiger partial charge is 0.348 e. The van der Waals surface area contributed by atoms with Gasteiger partial charge in [-0.2, -0.15) is 0 Å². The van der Waals surface area contributed by atoms with Crippen LogP contribution in [0, 0.1) is 0 Å². The van der Waals surface area contributed by atoms with Crippen molar-refractivity contribution in [2.45, 2.75) is 20.4 Å². The standard InChI is InChI=1S/C12H13Cl2NO/c1-8(2)5-12(16)15-7-9-3-4-10(13)6-11(9)14/h3-6H,7H2,1-2H3,(H,15,16). The number of hydrogen-bond acceptors (Lipinski definition) is 1. The molecule has 0 atom stereocenters. The minimum atomic E-state index is -0.119. The Bertz CT molecular complexity index is 423. The van der Waals surface area contributed by atoms with Crippen LogP contribution in [0.3, 0.4) is 0 Å². The fourth-order valence-corrected chi connectivity index (χ4v) is 1.64. The Labute approximate surface area is 105 Å². The topological polar surface area (TPSA) is 29.1 Å². The number of allylic oxidation sites excluding steroid dienone is 1. The van der Waals surface area contributed by atoms with Crippen LogP contribution in [-0.4, -0.2) is 5.91 Å². The average molecular weight is 258 g/mol. The monoisotopic (exact) mass is 257 g/mol. The molecule has 0 bridgehead atoms. The third kappa shape index (κ3) is 4.25. The molecule has 0 saturated carbocycles. The molecule has 0 unspecified atom stereocenters. The van der Waals surface area contributed by atoms with E-state index >= 15 is 0 Å². The van der Waals surface area contributed by atoms with Gasteiger partial charge in [0.2, 0.25) is 5.91 Å². The van der Waals surface area contributed by atoms with Crippen LogP contribution in [0.4, 0.5) is 0 Å². The lowest BCUT2D eigenvalue weighted by Crippen LogP contribution is -2.20. The highest BCUT2D eigenvalue weighted by Gasteiger charge is 2.02. The minimum absolute atomic E-state index is 0.119. The Morgan fingerprint density at radius 1 is 1.38 bits per heavy atom. The predicted octanol–water partition coefficient (Wildman–Crippen LogP) is 3.58. The fraction of sp³-hybridized carbons (Fsp3) is 0.250. The molecule has 0 aliphatic rings. The van der Waals surface area contributed by atoms with Gasteiger partial charge in [-0.15, -0.1) is 0 Å². The predicted molar refractivity (Wildman–Crippen MR) is 67.7 cm³/mol. The molecule has 2 nitrogen and oxygen atoms in total. The number of hydrogen-bond donors (Lipinski definition) is 1. The average Bonchev–Trinajstić information content (AvgIpc) is 2.15. The summed E-state index contributed by atoms with van der Waals surface area (Å²) in [6.07, 6.45) is 1.55. The number of rotatable bonds is 3. The van der Waals surface area contributed by atoms with Gasteiger partial charge in [-0.05, 0) is 31.5 Å². The van der Waals surface area contributed by atoms with Gasteiger partial charge in [-0.1, -0.05) is 34.8 Å². The Hall–Kier alpha value is -0.990. The van der Waals surface area contributed by atoms with Gasteiger partial charge in [0.1, 0.15) is 0 Å². The molecule has 4 heteroatoms. The van der Waals surface area contributed by atoms with Gasteiger partial charge in [0.05, 0.1) is 0 Å². The number of nitrogens with one attached hydrogen (secondary N) is 1. The lowest BCUT2D eigenvalue weighted by Gasteiger charge is -2.05. The summed E-state index contributed by atoms with van der Waals surface area (Å²) in [5, 5.41) is 3.90. The van der Waals surface area contributed by atoms with E-state index < -0.39 is 0 Å². The number of halogens is 2. The molecular formula is C12H13Cl2NO. The van der Waals surface area contributed by atoms with Crippen LogP contribution < -0.4 is 5.32 Å². The quantitative estimate of drug-likeness (QED) is 0.825. The first kappa shape index (κ1) is 13.1. The van der Waals surface area contributed by atoms with Gasteiger partial charge in [0.15, 0.2) is 0 Å². The summed E-state index contributed by atoms with van der Waals surface area (Å²) >= 11 is 11.7. The fourth-order valence-electron chi connectivity index (χ4n) is 1.16. The Kier molecular flexibility index (Phi) is 4.84. The molecule has 0 heterocycles.